The van der Waals surface area contributed by atoms with Crippen molar-refractivity contribution < 1.29 is 0 Å². The highest BCUT2D eigenvalue weighted by Gasteiger charge is 2.24. The van der Waals surface area contributed by atoms with Gasteiger partial charge in [-0.3, -0.25) is 0 Å². The lowest BCUT2D eigenvalue weighted by atomic mass is 9.95. The van der Waals surface area contributed by atoms with Gasteiger partial charge in [-0.25, -0.2) is 0 Å². The van der Waals surface area contributed by atoms with E-state index in [1.54, 1.807) is 0 Å². The maximum atomic E-state index is 2.72. The van der Waals surface area contributed by atoms with Gasteiger partial charge in [-0.05, 0) is 115 Å². The summed E-state index contributed by atoms with van der Waals surface area (Å²) < 4.78 is 0. The quantitative estimate of drug-likeness (QED) is 0.284. The molecule has 4 aliphatic heterocycles. The number of hydrogen-bond acceptors (Lipinski definition) is 6. The summed E-state index contributed by atoms with van der Waals surface area (Å²) in [6.45, 7) is 41.4. The second-order valence-corrected chi connectivity index (χ2v) is 14.4. The largest absolute Gasteiger partial charge is 0.304 e. The van der Waals surface area contributed by atoms with Gasteiger partial charge >= 0.3 is 0 Å². The maximum Gasteiger partial charge on any atom is 0.0110 e. The first-order valence-corrected chi connectivity index (χ1v) is 18.7. The Balaban J connectivity index is 0.000000277. The van der Waals surface area contributed by atoms with Crippen molar-refractivity contribution >= 4 is 0 Å². The number of hydrogen-bond donors (Lipinski definition) is 0. The lowest BCUT2D eigenvalue weighted by Crippen LogP contribution is -2.49. The summed E-state index contributed by atoms with van der Waals surface area (Å²) in [7, 11) is 0. The zero-order valence-corrected chi connectivity index (χ0v) is 30.0. The molecule has 0 spiro atoms. The molecular formula is C36H76N6. The molecule has 0 atom stereocenters. The van der Waals surface area contributed by atoms with Crippen LogP contribution in [-0.2, 0) is 0 Å². The van der Waals surface area contributed by atoms with E-state index in [-0.39, 0.29) is 0 Å². The third-order valence-electron chi connectivity index (χ3n) is 10.3. The van der Waals surface area contributed by atoms with Crippen molar-refractivity contribution in [1.29, 1.82) is 0 Å². The third-order valence-corrected chi connectivity index (χ3v) is 10.3. The summed E-state index contributed by atoms with van der Waals surface area (Å²) in [6, 6.07) is 0. The van der Waals surface area contributed by atoms with Crippen LogP contribution in [0.1, 0.15) is 93.9 Å². The molecule has 0 saturated carbocycles. The molecule has 0 aromatic rings. The van der Waals surface area contributed by atoms with Gasteiger partial charge in [0.25, 0.3) is 0 Å². The van der Waals surface area contributed by atoms with E-state index in [0.29, 0.717) is 0 Å². The van der Waals surface area contributed by atoms with Gasteiger partial charge in [-0.15, -0.1) is 0 Å². The second-order valence-electron chi connectivity index (χ2n) is 14.4. The Hall–Kier alpha value is -0.240. The Labute approximate surface area is 264 Å². The van der Waals surface area contributed by atoms with Gasteiger partial charge in [0.2, 0.25) is 0 Å². The molecule has 4 rings (SSSR count). The fraction of sp³-hybridized carbons (Fsp3) is 1.00. The smallest absolute Gasteiger partial charge is 0.0110 e. The van der Waals surface area contributed by atoms with Gasteiger partial charge in [0.1, 0.15) is 0 Å². The molecule has 0 aromatic heterocycles. The van der Waals surface area contributed by atoms with Crippen molar-refractivity contribution in [3.63, 3.8) is 0 Å². The van der Waals surface area contributed by atoms with Crippen LogP contribution < -0.4 is 0 Å². The molecule has 250 valence electrons. The minimum atomic E-state index is 0.844. The molecule has 0 radical (unpaired) electrons. The van der Waals surface area contributed by atoms with Crippen molar-refractivity contribution in [2.75, 3.05) is 118 Å². The van der Waals surface area contributed by atoms with E-state index in [2.05, 4.69) is 70.9 Å². The van der Waals surface area contributed by atoms with Crippen LogP contribution in [0.5, 0.6) is 0 Å². The summed E-state index contributed by atoms with van der Waals surface area (Å²) >= 11 is 0. The highest BCUT2D eigenvalue weighted by atomic mass is 15.3. The van der Waals surface area contributed by atoms with Crippen molar-refractivity contribution in [1.82, 2.24) is 29.4 Å². The average Bonchev–Trinajstić information content (AvgIpc) is 3.02. The molecule has 0 aromatic carbocycles. The first kappa shape index (κ1) is 37.9. The van der Waals surface area contributed by atoms with Crippen molar-refractivity contribution in [2.45, 2.75) is 93.9 Å². The summed E-state index contributed by atoms with van der Waals surface area (Å²) in [4.78, 5) is 16.0. The van der Waals surface area contributed by atoms with E-state index < -0.39 is 0 Å². The zero-order valence-electron chi connectivity index (χ0n) is 30.0. The molecule has 6 heteroatoms. The number of nitrogens with zero attached hydrogens (tertiary/aromatic N) is 6. The maximum absolute atomic E-state index is 2.72. The summed E-state index contributed by atoms with van der Waals surface area (Å²) in [6.07, 6.45) is 8.40. The van der Waals surface area contributed by atoms with Gasteiger partial charge in [0, 0.05) is 65.4 Å². The first-order chi connectivity index (χ1) is 20.3. The predicted octanol–water partition coefficient (Wildman–Crippen LogP) is 5.79. The molecule has 0 bridgehead atoms. The van der Waals surface area contributed by atoms with Gasteiger partial charge in [0.15, 0.2) is 0 Å². The van der Waals surface area contributed by atoms with Crippen LogP contribution in [0.25, 0.3) is 0 Å². The third kappa shape index (κ3) is 15.7. The normalized spacial score (nSPS) is 23.6. The van der Waals surface area contributed by atoms with Crippen molar-refractivity contribution in [3.8, 4) is 0 Å². The standard InChI is InChI=1S/2C17H35N3.C2H6/c1-4-18-11-13-20(14-12-18)15-17-6-9-19(10-7-17)8-5-16(2)3;1-4-18-9-6-17(7-10-18)15-20-13-11-19(12-14-20)8-5-16(2)3;1-2/h2*16-17H,4-15H2,1-3H3;1-2H3. The highest BCUT2D eigenvalue weighted by molar-refractivity contribution is 4.80. The molecule has 0 N–H and O–H groups in total. The SMILES string of the molecule is CC.CCN1CCC(CN2CCN(CCC(C)C)CC2)CC1.CCN1CCN(CC2CCN(CCC(C)C)CC2)CC1. The molecule has 0 amide bonds. The topological polar surface area (TPSA) is 19.4 Å². The Bertz CT molecular complexity index is 556. The van der Waals surface area contributed by atoms with E-state index in [1.165, 1.54) is 156 Å². The van der Waals surface area contributed by atoms with E-state index in [1.807, 2.05) is 13.8 Å². The van der Waals surface area contributed by atoms with Crippen molar-refractivity contribution in [2.24, 2.45) is 23.7 Å². The highest BCUT2D eigenvalue weighted by Crippen LogP contribution is 2.21. The summed E-state index contributed by atoms with van der Waals surface area (Å²) in [5, 5.41) is 0. The fourth-order valence-corrected chi connectivity index (χ4v) is 6.97. The number of piperidine rings is 2. The number of likely N-dealkylation sites (N-methyl/N-ethyl adjacent to an activating group) is 1. The van der Waals surface area contributed by atoms with Crippen LogP contribution in [0.15, 0.2) is 0 Å². The predicted molar refractivity (Wildman–Crippen MR) is 186 cm³/mol. The van der Waals surface area contributed by atoms with Crippen LogP contribution >= 0.6 is 0 Å². The van der Waals surface area contributed by atoms with E-state index >= 15 is 0 Å². The zero-order chi connectivity index (χ0) is 30.7. The fourth-order valence-electron chi connectivity index (χ4n) is 6.97. The Morgan fingerprint density at radius 1 is 0.429 bits per heavy atom. The Kier molecular flexibility index (Phi) is 20.1. The lowest BCUT2D eigenvalue weighted by molar-refractivity contribution is 0.0941. The number of piperazine rings is 2. The Morgan fingerprint density at radius 2 is 0.714 bits per heavy atom. The second kappa shape index (κ2) is 22.3. The van der Waals surface area contributed by atoms with Crippen molar-refractivity contribution in [3.05, 3.63) is 0 Å². The van der Waals surface area contributed by atoms with Gasteiger partial charge in [-0.2, -0.15) is 0 Å². The van der Waals surface area contributed by atoms with E-state index in [9.17, 15) is 0 Å². The number of rotatable bonds is 12. The van der Waals surface area contributed by atoms with Crippen LogP contribution in [0.2, 0.25) is 0 Å². The minimum Gasteiger partial charge on any atom is -0.304 e. The molecule has 4 fully saturated rings. The van der Waals surface area contributed by atoms with Gasteiger partial charge in [0.05, 0.1) is 0 Å². The lowest BCUT2D eigenvalue weighted by Gasteiger charge is -2.38. The molecular weight excluding hydrogens is 516 g/mol. The van der Waals surface area contributed by atoms with Gasteiger partial charge < -0.3 is 29.4 Å². The van der Waals surface area contributed by atoms with Crippen LogP contribution in [0.3, 0.4) is 0 Å². The van der Waals surface area contributed by atoms with E-state index in [0.717, 1.165) is 23.7 Å². The molecule has 42 heavy (non-hydrogen) atoms. The van der Waals surface area contributed by atoms with Gasteiger partial charge in [-0.1, -0.05) is 55.4 Å². The van der Waals surface area contributed by atoms with Crippen LogP contribution in [0.4, 0.5) is 0 Å². The minimum absolute atomic E-state index is 0.844. The van der Waals surface area contributed by atoms with Crippen LogP contribution in [-0.4, -0.2) is 147 Å². The summed E-state index contributed by atoms with van der Waals surface area (Å²) in [5.74, 6) is 3.61. The molecule has 4 heterocycles. The molecule has 4 saturated heterocycles. The average molecular weight is 593 g/mol. The first-order valence-electron chi connectivity index (χ1n) is 18.7. The molecule has 6 nitrogen and oxygen atoms in total. The van der Waals surface area contributed by atoms with Crippen LogP contribution in [0, 0.1) is 23.7 Å². The van der Waals surface area contributed by atoms with E-state index in [4.69, 9.17) is 0 Å². The molecule has 0 unspecified atom stereocenters. The molecule has 4 aliphatic rings. The molecule has 0 aliphatic carbocycles. The monoisotopic (exact) mass is 593 g/mol. The summed E-state index contributed by atoms with van der Waals surface area (Å²) in [5.41, 5.74) is 0. The number of likely N-dealkylation sites (tertiary alicyclic amines) is 2. The Morgan fingerprint density at radius 3 is 1.07 bits per heavy atom.